The number of hydrogen-bond acceptors (Lipinski definition) is 4. The zero-order valence-corrected chi connectivity index (χ0v) is 8.44. The predicted molar refractivity (Wildman–Crippen MR) is 52.8 cm³/mol. The van der Waals surface area contributed by atoms with Gasteiger partial charge in [-0.2, -0.15) is 5.10 Å². The zero-order chi connectivity index (χ0) is 10.7. The highest BCUT2D eigenvalue weighted by Gasteiger charge is 2.23. The monoisotopic (exact) mass is 197 g/mol. The van der Waals surface area contributed by atoms with Gasteiger partial charge in [-0.05, 0) is 13.3 Å². The minimum Gasteiger partial charge on any atom is -0.360 e. The van der Waals surface area contributed by atoms with E-state index in [9.17, 15) is 10.1 Å². The molecule has 6 heteroatoms. The molecule has 1 heterocycles. The van der Waals surface area contributed by atoms with Crippen molar-refractivity contribution in [3.8, 4) is 0 Å². The first-order valence-corrected chi connectivity index (χ1v) is 4.34. The Labute approximate surface area is 82.1 Å². The van der Waals surface area contributed by atoms with Crippen LogP contribution in [0.2, 0.25) is 0 Å². The van der Waals surface area contributed by atoms with Gasteiger partial charge in [-0.1, -0.05) is 6.92 Å². The Balaban J connectivity index is 3.05. The number of anilines is 1. The summed E-state index contributed by atoms with van der Waals surface area (Å²) in [5, 5.41) is 17.6. The van der Waals surface area contributed by atoms with E-state index in [1.807, 2.05) is 6.92 Å². The molecule has 0 spiro atoms. The maximum absolute atomic E-state index is 10.7. The largest absolute Gasteiger partial charge is 0.360 e. The fourth-order valence-electron chi connectivity index (χ4n) is 1.23. The summed E-state index contributed by atoms with van der Waals surface area (Å²) in [4.78, 5) is 10.3. The van der Waals surface area contributed by atoms with Gasteiger partial charge in [0, 0.05) is 13.6 Å². The van der Waals surface area contributed by atoms with E-state index in [0.29, 0.717) is 11.5 Å². The Kier molecular flexibility index (Phi) is 3.06. The lowest BCUT2D eigenvalue weighted by Gasteiger charge is -2.02. The minimum atomic E-state index is -0.422. The highest BCUT2D eigenvalue weighted by molar-refractivity contribution is 5.60. The van der Waals surface area contributed by atoms with Crippen LogP contribution in [0.3, 0.4) is 0 Å². The molecule has 1 rings (SSSR count). The average molecular weight is 197 g/mol. The summed E-state index contributed by atoms with van der Waals surface area (Å²) < 4.78 is 1.47. The van der Waals surface area contributed by atoms with Crippen LogP contribution in [-0.2, 0) is 7.05 Å². The van der Waals surface area contributed by atoms with Crippen molar-refractivity contribution in [1.82, 2.24) is 9.78 Å². The lowest BCUT2D eigenvalue weighted by molar-refractivity contribution is -0.384. The Morgan fingerprint density at radius 1 is 1.71 bits per heavy atom. The third kappa shape index (κ3) is 1.84. The number of nitro groups is 1. The van der Waals surface area contributed by atoms with Gasteiger partial charge in [0.15, 0.2) is 0 Å². The van der Waals surface area contributed by atoms with Crippen molar-refractivity contribution < 1.29 is 4.92 Å². The lowest BCUT2D eigenvalue weighted by Crippen LogP contribution is -2.03. The number of nitrogens with one attached hydrogen (secondary N) is 1. The number of aromatic nitrogens is 2. The van der Waals surface area contributed by atoms with Crippen LogP contribution in [0.5, 0.6) is 0 Å². The van der Waals surface area contributed by atoms with Gasteiger partial charge < -0.3 is 5.32 Å². The Morgan fingerprint density at radius 2 is 2.36 bits per heavy atom. The molecule has 1 radical (unpaired) electrons. The fraction of sp³-hybridized carbons (Fsp3) is 0.500. The van der Waals surface area contributed by atoms with Crippen molar-refractivity contribution in [3.05, 3.63) is 22.4 Å². The van der Waals surface area contributed by atoms with Gasteiger partial charge in [-0.25, -0.2) is 4.68 Å². The molecule has 0 saturated carbocycles. The third-order valence-corrected chi connectivity index (χ3v) is 1.82. The molecule has 0 aliphatic carbocycles. The summed E-state index contributed by atoms with van der Waals surface area (Å²) in [7, 11) is 1.67. The molecular weight excluding hydrogens is 184 g/mol. The highest BCUT2D eigenvalue weighted by Crippen LogP contribution is 2.27. The maximum atomic E-state index is 10.7. The minimum absolute atomic E-state index is 0.0391. The average Bonchev–Trinajstić information content (AvgIpc) is 2.37. The van der Waals surface area contributed by atoms with E-state index in [-0.39, 0.29) is 5.69 Å². The highest BCUT2D eigenvalue weighted by atomic mass is 16.6. The van der Waals surface area contributed by atoms with Gasteiger partial charge in [-0.3, -0.25) is 10.1 Å². The van der Waals surface area contributed by atoms with Gasteiger partial charge in [0.25, 0.3) is 0 Å². The van der Waals surface area contributed by atoms with Crippen molar-refractivity contribution in [2.24, 2.45) is 7.05 Å². The molecule has 6 nitrogen and oxygen atoms in total. The van der Waals surface area contributed by atoms with E-state index in [2.05, 4.69) is 10.4 Å². The predicted octanol–water partition coefficient (Wildman–Crippen LogP) is 1.62. The van der Waals surface area contributed by atoms with Crippen LogP contribution >= 0.6 is 0 Å². The van der Waals surface area contributed by atoms with E-state index in [0.717, 1.165) is 6.42 Å². The van der Waals surface area contributed by atoms with Gasteiger partial charge in [0.1, 0.15) is 5.69 Å². The second-order valence-electron chi connectivity index (χ2n) is 2.92. The van der Waals surface area contributed by atoms with Crippen LogP contribution in [0.1, 0.15) is 19.0 Å². The van der Waals surface area contributed by atoms with E-state index in [4.69, 9.17) is 0 Å². The molecule has 1 N–H and O–H groups in total. The molecule has 0 bridgehead atoms. The van der Waals surface area contributed by atoms with E-state index < -0.39 is 4.92 Å². The van der Waals surface area contributed by atoms with Gasteiger partial charge in [-0.15, -0.1) is 0 Å². The van der Waals surface area contributed by atoms with Gasteiger partial charge >= 0.3 is 5.69 Å². The molecule has 0 aliphatic rings. The molecule has 1 aromatic heterocycles. The first-order valence-electron chi connectivity index (χ1n) is 4.34. The first kappa shape index (κ1) is 10.5. The fourth-order valence-corrected chi connectivity index (χ4v) is 1.23. The normalized spacial score (nSPS) is 10.2. The van der Waals surface area contributed by atoms with Crippen LogP contribution in [0.15, 0.2) is 0 Å². The zero-order valence-electron chi connectivity index (χ0n) is 8.44. The smallest absolute Gasteiger partial charge is 0.333 e. The summed E-state index contributed by atoms with van der Waals surface area (Å²) in [6, 6.07) is 0. The van der Waals surface area contributed by atoms with Crippen LogP contribution in [0.4, 0.5) is 11.5 Å². The summed E-state index contributed by atoms with van der Waals surface area (Å²) in [5.41, 5.74) is 0.460. The number of nitrogens with zero attached hydrogens (tertiary/aromatic N) is 3. The van der Waals surface area contributed by atoms with Crippen molar-refractivity contribution >= 4 is 11.5 Å². The van der Waals surface area contributed by atoms with Crippen LogP contribution < -0.4 is 5.32 Å². The molecule has 1 aromatic rings. The van der Waals surface area contributed by atoms with E-state index in [1.165, 1.54) is 4.68 Å². The summed E-state index contributed by atoms with van der Waals surface area (Å²) in [6.07, 6.45) is 0.793. The molecule has 0 fully saturated rings. The molecule has 77 valence electrons. The van der Waals surface area contributed by atoms with Gasteiger partial charge in [0.2, 0.25) is 5.82 Å². The number of hydrogen-bond donors (Lipinski definition) is 1. The van der Waals surface area contributed by atoms with Crippen LogP contribution in [-0.4, -0.2) is 14.7 Å². The summed E-state index contributed by atoms with van der Waals surface area (Å²) in [5.74, 6) is 0.425. The molecule has 0 saturated heterocycles. The Hall–Kier alpha value is -1.59. The van der Waals surface area contributed by atoms with Crippen molar-refractivity contribution in [2.45, 2.75) is 20.3 Å². The molecule has 14 heavy (non-hydrogen) atoms. The molecule has 0 amide bonds. The topological polar surface area (TPSA) is 73.0 Å². The Bertz CT molecular complexity index is 345. The van der Waals surface area contributed by atoms with E-state index in [1.54, 1.807) is 20.5 Å². The lowest BCUT2D eigenvalue weighted by atomic mass is 10.4. The summed E-state index contributed by atoms with van der Waals surface area (Å²) in [6.45, 7) is 5.32. The van der Waals surface area contributed by atoms with E-state index >= 15 is 0 Å². The second-order valence-corrected chi connectivity index (χ2v) is 2.92. The molecular formula is C8H13N4O2. The van der Waals surface area contributed by atoms with Crippen LogP contribution in [0, 0.1) is 23.6 Å². The van der Waals surface area contributed by atoms with Crippen molar-refractivity contribution in [2.75, 3.05) is 5.32 Å². The summed E-state index contributed by atoms with van der Waals surface area (Å²) >= 11 is 0. The number of aryl methyl sites for hydroxylation is 2. The maximum Gasteiger partial charge on any atom is 0.333 e. The van der Waals surface area contributed by atoms with Crippen molar-refractivity contribution in [1.29, 1.82) is 0 Å². The molecule has 0 atom stereocenters. The Morgan fingerprint density at radius 3 is 2.86 bits per heavy atom. The second kappa shape index (κ2) is 4.08. The number of rotatable bonds is 4. The van der Waals surface area contributed by atoms with Crippen LogP contribution in [0.25, 0.3) is 0 Å². The van der Waals surface area contributed by atoms with Gasteiger partial charge in [0.05, 0.1) is 4.92 Å². The molecule has 0 unspecified atom stereocenters. The molecule has 0 aromatic carbocycles. The quantitative estimate of drug-likeness (QED) is 0.588. The molecule has 0 aliphatic heterocycles. The standard InChI is InChI=1S/C8H13N4O2/c1-4-5-9-8-7(12(13)14)6(2)10-11(8)3/h5,9H,4H2,1-3H3. The third-order valence-electron chi connectivity index (χ3n) is 1.82. The van der Waals surface area contributed by atoms with Crippen molar-refractivity contribution in [3.63, 3.8) is 0 Å². The first-order chi connectivity index (χ1) is 6.57. The SMILES string of the molecule is CC[CH]Nc1c([N+](=O)[O-])c(C)nn1C.